The summed E-state index contributed by atoms with van der Waals surface area (Å²) < 4.78 is 31.2. The lowest BCUT2D eigenvalue weighted by atomic mass is 10.1. The first-order chi connectivity index (χ1) is 10.9. The largest absolute Gasteiger partial charge is 0.383 e. The standard InChI is InChI=1S/C17H18ClNO3S/c1-22-11-17(19)15(12-6-5-7-13(18)10-12)16(17)23(20,21)14-8-3-2-4-9-14/h2-10,15-16H,11,19H2,1H3/t15-,16+,17+/m1/s1. The van der Waals surface area contributed by atoms with Gasteiger partial charge in [-0.2, -0.15) is 0 Å². The summed E-state index contributed by atoms with van der Waals surface area (Å²) >= 11 is 6.04. The fourth-order valence-corrected chi connectivity index (χ4v) is 5.77. The number of hydrogen-bond donors (Lipinski definition) is 1. The molecule has 3 rings (SSSR count). The van der Waals surface area contributed by atoms with Gasteiger partial charge in [0.1, 0.15) is 0 Å². The molecule has 0 spiro atoms. The minimum Gasteiger partial charge on any atom is -0.383 e. The molecule has 1 saturated carbocycles. The van der Waals surface area contributed by atoms with E-state index in [0.717, 1.165) is 5.56 Å². The van der Waals surface area contributed by atoms with Crippen LogP contribution in [0.3, 0.4) is 0 Å². The second kappa shape index (κ2) is 5.91. The van der Waals surface area contributed by atoms with Crippen LogP contribution in [-0.2, 0) is 14.6 Å². The Morgan fingerprint density at radius 3 is 2.48 bits per heavy atom. The molecule has 1 fully saturated rings. The molecular weight excluding hydrogens is 334 g/mol. The molecule has 0 saturated heterocycles. The van der Waals surface area contributed by atoms with Crippen LogP contribution in [-0.4, -0.2) is 32.9 Å². The number of nitrogens with two attached hydrogens (primary N) is 1. The Kier molecular flexibility index (Phi) is 4.23. The van der Waals surface area contributed by atoms with E-state index in [1.54, 1.807) is 48.5 Å². The molecule has 2 aromatic carbocycles. The van der Waals surface area contributed by atoms with Gasteiger partial charge in [0, 0.05) is 18.1 Å². The van der Waals surface area contributed by atoms with E-state index in [2.05, 4.69) is 0 Å². The van der Waals surface area contributed by atoms with E-state index in [1.165, 1.54) is 7.11 Å². The maximum Gasteiger partial charge on any atom is 0.183 e. The highest BCUT2D eigenvalue weighted by atomic mass is 35.5. The molecule has 6 heteroatoms. The summed E-state index contributed by atoms with van der Waals surface area (Å²) in [5.74, 6) is -0.341. The first kappa shape index (κ1) is 16.5. The van der Waals surface area contributed by atoms with E-state index in [0.29, 0.717) is 5.02 Å². The molecule has 1 aliphatic rings. The van der Waals surface area contributed by atoms with E-state index in [-0.39, 0.29) is 17.4 Å². The highest BCUT2D eigenvalue weighted by molar-refractivity contribution is 7.92. The topological polar surface area (TPSA) is 69.4 Å². The number of hydrogen-bond acceptors (Lipinski definition) is 4. The predicted octanol–water partition coefficient (Wildman–Crippen LogP) is 2.62. The number of halogens is 1. The van der Waals surface area contributed by atoms with Crippen LogP contribution < -0.4 is 5.73 Å². The van der Waals surface area contributed by atoms with Crippen LogP contribution in [0.1, 0.15) is 11.5 Å². The predicted molar refractivity (Wildman–Crippen MR) is 90.4 cm³/mol. The summed E-state index contributed by atoms with van der Waals surface area (Å²) in [5, 5.41) is -0.166. The Morgan fingerprint density at radius 1 is 1.17 bits per heavy atom. The van der Waals surface area contributed by atoms with Crippen LogP contribution in [0.15, 0.2) is 59.5 Å². The molecule has 0 unspecified atom stereocenters. The first-order valence-corrected chi connectivity index (χ1v) is 9.16. The number of ether oxygens (including phenoxy) is 1. The second-order valence-electron chi connectivity index (χ2n) is 5.86. The van der Waals surface area contributed by atoms with Crippen LogP contribution in [0.25, 0.3) is 0 Å². The van der Waals surface area contributed by atoms with Crippen molar-refractivity contribution < 1.29 is 13.2 Å². The highest BCUT2D eigenvalue weighted by Crippen LogP contribution is 2.55. The normalized spacial score (nSPS) is 26.9. The van der Waals surface area contributed by atoms with Crippen molar-refractivity contribution in [3.05, 3.63) is 65.2 Å². The number of methoxy groups -OCH3 is 1. The van der Waals surface area contributed by atoms with Crippen molar-refractivity contribution in [2.75, 3.05) is 13.7 Å². The Hall–Kier alpha value is -1.40. The zero-order chi connectivity index (χ0) is 16.7. The molecule has 0 bridgehead atoms. The monoisotopic (exact) mass is 351 g/mol. The van der Waals surface area contributed by atoms with E-state index >= 15 is 0 Å². The van der Waals surface area contributed by atoms with Gasteiger partial charge in [-0.15, -0.1) is 0 Å². The van der Waals surface area contributed by atoms with Gasteiger partial charge < -0.3 is 10.5 Å². The van der Waals surface area contributed by atoms with Crippen molar-refractivity contribution >= 4 is 21.4 Å². The van der Waals surface area contributed by atoms with E-state index in [1.807, 2.05) is 6.07 Å². The third-order valence-electron chi connectivity index (χ3n) is 4.31. The summed E-state index contributed by atoms with van der Waals surface area (Å²) in [6.45, 7) is 0.168. The molecule has 0 radical (unpaired) electrons. The number of rotatable bonds is 5. The zero-order valence-corrected chi connectivity index (χ0v) is 14.2. The summed E-state index contributed by atoms with van der Waals surface area (Å²) in [7, 11) is -2.03. The fraction of sp³-hybridized carbons (Fsp3) is 0.294. The molecule has 1 aliphatic carbocycles. The van der Waals surface area contributed by atoms with Crippen molar-refractivity contribution in [2.45, 2.75) is 21.6 Å². The second-order valence-corrected chi connectivity index (χ2v) is 8.36. The number of sulfone groups is 1. The summed E-state index contributed by atoms with van der Waals surface area (Å²) in [4.78, 5) is 0.278. The molecule has 2 aromatic rings. The fourth-order valence-electron chi connectivity index (χ4n) is 3.25. The van der Waals surface area contributed by atoms with Gasteiger partial charge in [0.15, 0.2) is 9.84 Å². The lowest BCUT2D eigenvalue weighted by molar-refractivity contribution is 0.171. The zero-order valence-electron chi connectivity index (χ0n) is 12.6. The highest BCUT2D eigenvalue weighted by Gasteiger charge is 2.69. The van der Waals surface area contributed by atoms with Gasteiger partial charge in [0.25, 0.3) is 0 Å². The van der Waals surface area contributed by atoms with Crippen LogP contribution >= 0.6 is 11.6 Å². The van der Waals surface area contributed by atoms with Gasteiger partial charge in [0.05, 0.1) is 22.3 Å². The van der Waals surface area contributed by atoms with Gasteiger partial charge in [0.2, 0.25) is 0 Å². The van der Waals surface area contributed by atoms with E-state index < -0.39 is 20.6 Å². The minimum atomic E-state index is -3.55. The van der Waals surface area contributed by atoms with Crippen LogP contribution in [0.2, 0.25) is 5.02 Å². The smallest absolute Gasteiger partial charge is 0.183 e. The maximum atomic E-state index is 13.0. The molecule has 4 nitrogen and oxygen atoms in total. The van der Waals surface area contributed by atoms with Crippen LogP contribution in [0.4, 0.5) is 0 Å². The minimum absolute atomic E-state index is 0.168. The molecule has 0 heterocycles. The SMILES string of the molecule is COC[C@]1(N)[C@H](c2cccc(Cl)c2)[C@@H]1S(=O)(=O)c1ccccc1. The van der Waals surface area contributed by atoms with Gasteiger partial charge in [-0.1, -0.05) is 41.9 Å². The Morgan fingerprint density at radius 2 is 1.87 bits per heavy atom. The van der Waals surface area contributed by atoms with Crippen molar-refractivity contribution in [3.8, 4) is 0 Å². The Labute approximate surface area is 141 Å². The van der Waals surface area contributed by atoms with E-state index in [9.17, 15) is 8.42 Å². The summed E-state index contributed by atoms with van der Waals surface area (Å²) in [5.41, 5.74) is 6.27. The van der Waals surface area contributed by atoms with Crippen molar-refractivity contribution in [1.29, 1.82) is 0 Å². The van der Waals surface area contributed by atoms with Gasteiger partial charge in [-0.25, -0.2) is 8.42 Å². The molecule has 2 N–H and O–H groups in total. The molecule has 0 aromatic heterocycles. The van der Waals surface area contributed by atoms with Crippen molar-refractivity contribution in [1.82, 2.24) is 0 Å². The van der Waals surface area contributed by atoms with E-state index in [4.69, 9.17) is 22.1 Å². The average molecular weight is 352 g/mol. The first-order valence-electron chi connectivity index (χ1n) is 7.23. The molecule has 23 heavy (non-hydrogen) atoms. The Balaban J connectivity index is 2.04. The molecule has 122 valence electrons. The third kappa shape index (κ3) is 2.78. The lowest BCUT2D eigenvalue weighted by Crippen LogP contribution is -2.35. The third-order valence-corrected chi connectivity index (χ3v) is 6.85. The van der Waals surface area contributed by atoms with Gasteiger partial charge in [-0.3, -0.25) is 0 Å². The quantitative estimate of drug-likeness (QED) is 0.899. The molecule has 0 amide bonds. The average Bonchev–Trinajstić information content (AvgIpc) is 3.15. The number of benzene rings is 2. The summed E-state index contributed by atoms with van der Waals surface area (Å²) in [6, 6.07) is 15.6. The van der Waals surface area contributed by atoms with Crippen LogP contribution in [0.5, 0.6) is 0 Å². The van der Waals surface area contributed by atoms with Crippen molar-refractivity contribution in [3.63, 3.8) is 0 Å². The molecule has 3 atom stereocenters. The van der Waals surface area contributed by atoms with Crippen LogP contribution in [0, 0.1) is 0 Å². The molecular formula is C17H18ClNO3S. The summed E-state index contributed by atoms with van der Waals surface area (Å²) in [6.07, 6.45) is 0. The van der Waals surface area contributed by atoms with Crippen molar-refractivity contribution in [2.24, 2.45) is 5.73 Å². The van der Waals surface area contributed by atoms with Gasteiger partial charge in [-0.05, 0) is 29.8 Å². The Bertz CT molecular complexity index is 810. The lowest BCUT2D eigenvalue weighted by Gasteiger charge is -2.11. The molecule has 0 aliphatic heterocycles. The maximum absolute atomic E-state index is 13.0. The van der Waals surface area contributed by atoms with Gasteiger partial charge >= 0.3 is 0 Å².